The number of hydrogen-bond donors (Lipinski definition) is 1. The number of non-ortho nitro benzene ring substituents is 1. The molecule has 0 radical (unpaired) electrons. The van der Waals surface area contributed by atoms with Gasteiger partial charge in [-0.2, -0.15) is 0 Å². The molecule has 0 aliphatic rings. The van der Waals surface area contributed by atoms with Crippen molar-refractivity contribution in [1.29, 1.82) is 0 Å². The summed E-state index contributed by atoms with van der Waals surface area (Å²) in [6.45, 7) is 8.13. The zero-order valence-corrected chi connectivity index (χ0v) is 21.6. The van der Waals surface area contributed by atoms with E-state index in [1.54, 1.807) is 27.7 Å². The van der Waals surface area contributed by atoms with Gasteiger partial charge in [0.1, 0.15) is 12.6 Å². The molecule has 0 aliphatic heterocycles. The predicted molar refractivity (Wildman–Crippen MR) is 134 cm³/mol. The van der Waals surface area contributed by atoms with Gasteiger partial charge in [-0.05, 0) is 51.3 Å². The minimum absolute atomic E-state index is 0.0326. The van der Waals surface area contributed by atoms with Crippen molar-refractivity contribution in [2.75, 3.05) is 17.1 Å². The molecule has 2 rings (SSSR count). The third-order valence-electron chi connectivity index (χ3n) is 5.55. The number of carbonyl (C=O) groups is 2. The van der Waals surface area contributed by atoms with Crippen LogP contribution in [0.15, 0.2) is 42.5 Å². The molecule has 0 fully saturated rings. The first kappa shape index (κ1) is 27.8. The number of nitro benzene ring substituents is 1. The lowest BCUT2D eigenvalue weighted by atomic mass is 10.1. The summed E-state index contributed by atoms with van der Waals surface area (Å²) in [7, 11) is -3.99. The molecule has 0 aliphatic carbocycles. The number of nitrogens with one attached hydrogen (secondary N) is 1. The number of carbonyl (C=O) groups excluding carboxylic acids is 2. The molecule has 0 saturated carbocycles. The van der Waals surface area contributed by atoms with Gasteiger partial charge < -0.3 is 10.2 Å². The number of benzene rings is 2. The van der Waals surface area contributed by atoms with Crippen molar-refractivity contribution in [3.63, 3.8) is 0 Å². The molecule has 1 unspecified atom stereocenters. The molecule has 2 aromatic rings. The molecular weight excluding hydrogens is 472 g/mol. The fourth-order valence-corrected chi connectivity index (χ4v) is 4.43. The number of sulfonamides is 1. The topological polar surface area (TPSA) is 130 Å². The van der Waals surface area contributed by atoms with Crippen LogP contribution < -0.4 is 9.62 Å². The van der Waals surface area contributed by atoms with Crippen LogP contribution in [0.5, 0.6) is 0 Å². The van der Waals surface area contributed by atoms with Crippen molar-refractivity contribution < 1.29 is 22.9 Å². The minimum atomic E-state index is -3.99. The zero-order chi connectivity index (χ0) is 26.5. The molecule has 35 heavy (non-hydrogen) atoms. The minimum Gasteiger partial charge on any atom is -0.352 e. The molecule has 2 aromatic carbocycles. The standard InChI is InChI=1S/C24H32N4O6S/c1-16(2)25-24(30)19(5)26(14-20-10-8-7-9-17(20)3)23(29)15-27(35(6,33)34)22-13-21(28(31)32)12-11-18(22)4/h7-13,16,19H,14-15H2,1-6H3,(H,25,30). The molecule has 0 heterocycles. The van der Waals surface area contributed by atoms with Crippen molar-refractivity contribution in [2.45, 2.75) is 53.2 Å². The van der Waals surface area contributed by atoms with E-state index >= 15 is 0 Å². The maximum Gasteiger partial charge on any atom is 0.271 e. The van der Waals surface area contributed by atoms with E-state index in [2.05, 4.69) is 5.32 Å². The van der Waals surface area contributed by atoms with Crippen LogP contribution in [0.4, 0.5) is 11.4 Å². The first-order chi connectivity index (χ1) is 16.2. The van der Waals surface area contributed by atoms with E-state index < -0.39 is 33.4 Å². The number of hydrogen-bond acceptors (Lipinski definition) is 6. The van der Waals surface area contributed by atoms with Gasteiger partial charge in [0.15, 0.2) is 0 Å². The van der Waals surface area contributed by atoms with Crippen LogP contribution in [0.3, 0.4) is 0 Å². The summed E-state index contributed by atoms with van der Waals surface area (Å²) >= 11 is 0. The zero-order valence-electron chi connectivity index (χ0n) is 20.8. The first-order valence-electron chi connectivity index (χ1n) is 11.1. The van der Waals surface area contributed by atoms with E-state index in [1.807, 2.05) is 31.2 Å². The summed E-state index contributed by atoms with van der Waals surface area (Å²) in [4.78, 5) is 38.3. The number of anilines is 1. The fraction of sp³-hybridized carbons (Fsp3) is 0.417. The van der Waals surface area contributed by atoms with Gasteiger partial charge in [-0.15, -0.1) is 0 Å². The van der Waals surface area contributed by atoms with Crippen molar-refractivity contribution in [2.24, 2.45) is 0 Å². The summed E-state index contributed by atoms with van der Waals surface area (Å²) in [5, 5.41) is 14.1. The SMILES string of the molecule is Cc1ccccc1CN(C(=O)CN(c1cc([N+](=O)[O-])ccc1C)S(C)(=O)=O)C(C)C(=O)NC(C)C. The molecule has 1 atom stereocenters. The summed E-state index contributed by atoms with van der Waals surface area (Å²) < 4.78 is 26.2. The number of aryl methyl sites for hydroxylation is 2. The Morgan fingerprint density at radius 2 is 1.69 bits per heavy atom. The van der Waals surface area contributed by atoms with Crippen LogP contribution in [-0.4, -0.2) is 54.9 Å². The molecule has 0 spiro atoms. The monoisotopic (exact) mass is 504 g/mol. The third kappa shape index (κ3) is 7.25. The Morgan fingerprint density at radius 3 is 2.23 bits per heavy atom. The number of amides is 2. The number of rotatable bonds is 10. The molecule has 0 saturated heterocycles. The molecule has 1 N–H and O–H groups in total. The van der Waals surface area contributed by atoms with Crippen LogP contribution in [-0.2, 0) is 26.2 Å². The third-order valence-corrected chi connectivity index (χ3v) is 6.68. The van der Waals surface area contributed by atoms with Crippen molar-refractivity contribution >= 4 is 33.2 Å². The van der Waals surface area contributed by atoms with Gasteiger partial charge in [-0.1, -0.05) is 30.3 Å². The Hall–Kier alpha value is -3.47. The van der Waals surface area contributed by atoms with Crippen LogP contribution in [0.1, 0.15) is 37.5 Å². The molecule has 11 heteroatoms. The lowest BCUT2D eigenvalue weighted by molar-refractivity contribution is -0.384. The summed E-state index contributed by atoms with van der Waals surface area (Å²) in [5.74, 6) is -0.990. The Kier molecular flexibility index (Phi) is 8.97. The van der Waals surface area contributed by atoms with Crippen LogP contribution >= 0.6 is 0 Å². The van der Waals surface area contributed by atoms with E-state index in [9.17, 15) is 28.1 Å². The Balaban J connectivity index is 2.50. The molecule has 0 aromatic heterocycles. The summed E-state index contributed by atoms with van der Waals surface area (Å²) in [6, 6.07) is 10.2. The van der Waals surface area contributed by atoms with Gasteiger partial charge in [-0.3, -0.25) is 24.0 Å². The van der Waals surface area contributed by atoms with Gasteiger partial charge in [0.05, 0.1) is 16.9 Å². The van der Waals surface area contributed by atoms with Crippen molar-refractivity contribution in [1.82, 2.24) is 10.2 Å². The van der Waals surface area contributed by atoms with E-state index in [0.717, 1.165) is 27.8 Å². The Morgan fingerprint density at radius 1 is 1.06 bits per heavy atom. The molecule has 2 amide bonds. The van der Waals surface area contributed by atoms with Crippen LogP contribution in [0.2, 0.25) is 0 Å². The van der Waals surface area contributed by atoms with E-state index in [4.69, 9.17) is 0 Å². The highest BCUT2D eigenvalue weighted by molar-refractivity contribution is 7.92. The average Bonchev–Trinajstić information content (AvgIpc) is 2.75. The van der Waals surface area contributed by atoms with E-state index in [0.29, 0.717) is 5.56 Å². The summed E-state index contributed by atoms with van der Waals surface area (Å²) in [5.41, 5.74) is 1.90. The molecular formula is C24H32N4O6S. The van der Waals surface area contributed by atoms with Crippen molar-refractivity contribution in [3.8, 4) is 0 Å². The number of nitro groups is 1. The van der Waals surface area contributed by atoms with Gasteiger partial charge in [-0.25, -0.2) is 8.42 Å². The van der Waals surface area contributed by atoms with Gasteiger partial charge in [0, 0.05) is 24.7 Å². The van der Waals surface area contributed by atoms with Gasteiger partial charge >= 0.3 is 0 Å². The van der Waals surface area contributed by atoms with E-state index in [1.165, 1.54) is 17.0 Å². The maximum atomic E-state index is 13.6. The molecule has 10 nitrogen and oxygen atoms in total. The van der Waals surface area contributed by atoms with Crippen molar-refractivity contribution in [3.05, 3.63) is 69.3 Å². The Bertz CT molecular complexity index is 1210. The largest absolute Gasteiger partial charge is 0.352 e. The fourth-order valence-electron chi connectivity index (χ4n) is 3.53. The van der Waals surface area contributed by atoms with E-state index in [-0.39, 0.29) is 29.9 Å². The maximum absolute atomic E-state index is 13.6. The molecule has 0 bridgehead atoms. The second-order valence-electron chi connectivity index (χ2n) is 8.78. The lowest BCUT2D eigenvalue weighted by Gasteiger charge is -2.32. The second kappa shape index (κ2) is 11.3. The smallest absolute Gasteiger partial charge is 0.271 e. The first-order valence-corrected chi connectivity index (χ1v) is 12.9. The highest BCUT2D eigenvalue weighted by Gasteiger charge is 2.31. The Labute approximate surface area is 206 Å². The molecule has 190 valence electrons. The highest BCUT2D eigenvalue weighted by atomic mass is 32.2. The van der Waals surface area contributed by atoms with Crippen LogP contribution in [0, 0.1) is 24.0 Å². The average molecular weight is 505 g/mol. The quantitative estimate of drug-likeness (QED) is 0.391. The second-order valence-corrected chi connectivity index (χ2v) is 10.7. The van der Waals surface area contributed by atoms with Gasteiger partial charge in [0.2, 0.25) is 21.8 Å². The normalized spacial score (nSPS) is 12.2. The highest BCUT2D eigenvalue weighted by Crippen LogP contribution is 2.28. The summed E-state index contributed by atoms with van der Waals surface area (Å²) in [6.07, 6.45) is 0.930. The number of nitrogens with zero attached hydrogens (tertiary/aromatic N) is 3. The van der Waals surface area contributed by atoms with Crippen LogP contribution in [0.25, 0.3) is 0 Å². The lowest BCUT2D eigenvalue weighted by Crippen LogP contribution is -2.52. The van der Waals surface area contributed by atoms with Gasteiger partial charge in [0.25, 0.3) is 5.69 Å². The predicted octanol–water partition coefficient (Wildman–Crippen LogP) is 2.92.